The Kier molecular flexibility index (Phi) is 5.85. The number of urea groups is 1. The van der Waals surface area contributed by atoms with Gasteiger partial charge in [0, 0.05) is 19.6 Å². The van der Waals surface area contributed by atoms with Gasteiger partial charge in [-0.2, -0.15) is 0 Å². The molecule has 156 valence electrons. The van der Waals surface area contributed by atoms with Gasteiger partial charge in [-0.1, -0.05) is 24.6 Å². The van der Waals surface area contributed by atoms with Gasteiger partial charge in [0.15, 0.2) is 0 Å². The van der Waals surface area contributed by atoms with Crippen molar-refractivity contribution in [2.24, 2.45) is 5.92 Å². The Hall–Kier alpha value is -2.41. The van der Waals surface area contributed by atoms with Crippen molar-refractivity contribution >= 4 is 23.5 Å². The van der Waals surface area contributed by atoms with Gasteiger partial charge in [-0.3, -0.25) is 9.59 Å². The Morgan fingerprint density at radius 3 is 2.66 bits per heavy atom. The van der Waals surface area contributed by atoms with Crippen molar-refractivity contribution in [1.82, 2.24) is 15.1 Å². The number of rotatable bonds is 5. The summed E-state index contributed by atoms with van der Waals surface area (Å²) in [6, 6.07) is 8.13. The summed E-state index contributed by atoms with van der Waals surface area (Å²) in [4.78, 5) is 43.3. The van der Waals surface area contributed by atoms with Crippen LogP contribution in [0.5, 0.6) is 0 Å². The summed E-state index contributed by atoms with van der Waals surface area (Å²) in [7, 11) is 1.82. The maximum absolute atomic E-state index is 12.8. The largest absolute Gasteiger partial charge is 0.345 e. The van der Waals surface area contributed by atoms with Gasteiger partial charge in [0.1, 0.15) is 6.04 Å². The lowest BCUT2D eigenvalue weighted by Gasteiger charge is -2.45. The normalized spacial score (nSPS) is 27.5. The topological polar surface area (TPSA) is 73.0 Å². The number of imide groups is 1. The van der Waals surface area contributed by atoms with Gasteiger partial charge < -0.3 is 15.1 Å². The van der Waals surface area contributed by atoms with E-state index in [1.807, 2.05) is 13.1 Å². The van der Waals surface area contributed by atoms with Gasteiger partial charge in [-0.05, 0) is 56.8 Å². The predicted molar refractivity (Wildman–Crippen MR) is 110 cm³/mol. The number of carbonyl (C=O) groups excluding carboxylic acids is 3. The van der Waals surface area contributed by atoms with Gasteiger partial charge in [-0.15, -0.1) is 0 Å². The minimum absolute atomic E-state index is 0.00546. The second-order valence-corrected chi connectivity index (χ2v) is 8.49. The molecule has 1 N–H and O–H groups in total. The highest BCUT2D eigenvalue weighted by Crippen LogP contribution is 2.31. The number of hydrogen-bond acceptors (Lipinski definition) is 4. The van der Waals surface area contributed by atoms with Crippen LogP contribution in [0.3, 0.4) is 0 Å². The van der Waals surface area contributed by atoms with E-state index < -0.39 is 12.1 Å². The lowest BCUT2D eigenvalue weighted by Crippen LogP contribution is -2.51. The molecule has 0 unspecified atom stereocenters. The summed E-state index contributed by atoms with van der Waals surface area (Å²) in [5.41, 5.74) is 0.526. The highest BCUT2D eigenvalue weighted by atomic mass is 16.2. The Morgan fingerprint density at radius 2 is 1.86 bits per heavy atom. The minimum atomic E-state index is -0.796. The average molecular weight is 399 g/mol. The zero-order valence-electron chi connectivity index (χ0n) is 17.0. The number of benzene rings is 1. The summed E-state index contributed by atoms with van der Waals surface area (Å²) >= 11 is 0. The Labute approximate surface area is 172 Å². The van der Waals surface area contributed by atoms with Crippen LogP contribution in [0.2, 0.25) is 0 Å². The zero-order chi connectivity index (χ0) is 20.4. The van der Waals surface area contributed by atoms with Crippen LogP contribution in [0.1, 0.15) is 38.5 Å². The number of nitrogens with one attached hydrogen (secondary N) is 1. The lowest BCUT2D eigenvalue weighted by molar-refractivity contribution is -0.133. The third-order valence-corrected chi connectivity index (χ3v) is 6.58. The molecule has 1 aromatic carbocycles. The fraction of sp³-hybridized carbons (Fsp3) is 0.591. The molecule has 0 aliphatic carbocycles. The molecule has 3 aliphatic heterocycles. The van der Waals surface area contributed by atoms with Crippen molar-refractivity contribution in [3.8, 4) is 0 Å². The summed E-state index contributed by atoms with van der Waals surface area (Å²) in [6.07, 6.45) is 6.11. The number of anilines is 1. The molecule has 3 atom stereocenters. The summed E-state index contributed by atoms with van der Waals surface area (Å²) < 4.78 is 0. The third-order valence-electron chi connectivity index (χ3n) is 6.58. The molecule has 3 heterocycles. The Balaban J connectivity index is 1.35. The lowest BCUT2D eigenvalue weighted by atomic mass is 9.83. The van der Waals surface area contributed by atoms with Crippen molar-refractivity contribution in [3.05, 3.63) is 30.3 Å². The number of carbonyl (C=O) groups is 3. The second-order valence-electron chi connectivity index (χ2n) is 8.49. The molecule has 0 aromatic heterocycles. The molecule has 29 heavy (non-hydrogen) atoms. The number of para-hydroxylation sites is 1. The molecular formula is C22H30N4O3. The fourth-order valence-electron chi connectivity index (χ4n) is 5.07. The molecule has 3 saturated heterocycles. The Bertz CT molecular complexity index is 767. The molecule has 0 radical (unpaired) electrons. The number of hydrogen-bond donors (Lipinski definition) is 1. The monoisotopic (exact) mass is 398 g/mol. The number of nitrogens with zero attached hydrogens (tertiary/aromatic N) is 3. The average Bonchev–Trinajstić information content (AvgIpc) is 3.01. The van der Waals surface area contributed by atoms with Gasteiger partial charge in [0.25, 0.3) is 5.91 Å². The number of fused-ring (bicyclic) bond motifs is 1. The molecule has 0 bridgehead atoms. The molecule has 0 saturated carbocycles. The highest BCUT2D eigenvalue weighted by molar-refractivity contribution is 6.22. The van der Waals surface area contributed by atoms with E-state index in [9.17, 15) is 14.4 Å². The van der Waals surface area contributed by atoms with Crippen LogP contribution in [0.4, 0.5) is 10.5 Å². The van der Waals surface area contributed by atoms with Crippen molar-refractivity contribution in [1.29, 1.82) is 0 Å². The number of piperidine rings is 2. The first-order valence-electron chi connectivity index (χ1n) is 10.7. The SMILES string of the molecule is CN(C[C@@H]1CCCN2CCCC[C@H]12)C(=O)C[C@H]1NC(=O)N(c2ccccc2)C1=O. The summed E-state index contributed by atoms with van der Waals surface area (Å²) in [5.74, 6) is 0.0401. The quantitative estimate of drug-likeness (QED) is 0.772. The van der Waals surface area contributed by atoms with Crippen molar-refractivity contribution in [2.75, 3.05) is 31.6 Å². The fourth-order valence-corrected chi connectivity index (χ4v) is 5.07. The minimum Gasteiger partial charge on any atom is -0.345 e. The van der Waals surface area contributed by atoms with Crippen LogP contribution in [-0.4, -0.2) is 66.4 Å². The van der Waals surface area contributed by atoms with E-state index in [4.69, 9.17) is 0 Å². The smallest absolute Gasteiger partial charge is 0.329 e. The first-order valence-corrected chi connectivity index (χ1v) is 10.7. The third kappa shape index (κ3) is 4.15. The molecule has 1 aromatic rings. The Morgan fingerprint density at radius 1 is 1.10 bits per heavy atom. The van der Waals surface area contributed by atoms with Crippen LogP contribution in [0.25, 0.3) is 0 Å². The van der Waals surface area contributed by atoms with Crippen molar-refractivity contribution in [3.63, 3.8) is 0 Å². The molecule has 0 spiro atoms. The van der Waals surface area contributed by atoms with E-state index in [0.29, 0.717) is 17.6 Å². The molecular weight excluding hydrogens is 368 g/mol. The van der Waals surface area contributed by atoms with E-state index in [1.165, 1.54) is 38.8 Å². The van der Waals surface area contributed by atoms with Gasteiger partial charge in [-0.25, -0.2) is 9.69 Å². The molecule has 3 fully saturated rings. The van der Waals surface area contributed by atoms with E-state index in [-0.39, 0.29) is 18.2 Å². The molecule has 7 heteroatoms. The van der Waals surface area contributed by atoms with E-state index >= 15 is 0 Å². The van der Waals surface area contributed by atoms with Crippen LogP contribution in [0.15, 0.2) is 30.3 Å². The summed E-state index contributed by atoms with van der Waals surface area (Å²) in [6.45, 7) is 3.07. The maximum atomic E-state index is 12.8. The van der Waals surface area contributed by atoms with E-state index in [1.54, 1.807) is 29.2 Å². The van der Waals surface area contributed by atoms with Gasteiger partial charge in [0.05, 0.1) is 12.1 Å². The zero-order valence-corrected chi connectivity index (χ0v) is 17.0. The molecule has 3 aliphatic rings. The first kappa shape index (κ1) is 19.9. The van der Waals surface area contributed by atoms with Gasteiger partial charge in [0.2, 0.25) is 5.91 Å². The maximum Gasteiger partial charge on any atom is 0.329 e. The van der Waals surface area contributed by atoms with E-state index in [0.717, 1.165) is 17.9 Å². The second kappa shape index (κ2) is 8.53. The number of amides is 4. The van der Waals surface area contributed by atoms with Gasteiger partial charge >= 0.3 is 6.03 Å². The highest BCUT2D eigenvalue weighted by Gasteiger charge is 2.41. The predicted octanol–water partition coefficient (Wildman–Crippen LogP) is 2.22. The van der Waals surface area contributed by atoms with Crippen LogP contribution < -0.4 is 10.2 Å². The standard InChI is InChI=1S/C22H30N4O3/c1-24(15-16-8-7-13-25-12-6-5-11-19(16)25)20(27)14-18-21(28)26(22(29)23-18)17-9-3-2-4-10-17/h2-4,9-10,16,18-19H,5-8,11-15H2,1H3,(H,23,29)/t16-,18+,19+/m0/s1. The van der Waals surface area contributed by atoms with Crippen LogP contribution in [0, 0.1) is 5.92 Å². The first-order chi connectivity index (χ1) is 14.0. The summed E-state index contributed by atoms with van der Waals surface area (Å²) in [5, 5.41) is 2.67. The van der Waals surface area contributed by atoms with Crippen LogP contribution in [-0.2, 0) is 9.59 Å². The van der Waals surface area contributed by atoms with Crippen LogP contribution >= 0.6 is 0 Å². The molecule has 4 rings (SSSR count). The van der Waals surface area contributed by atoms with Crippen molar-refractivity contribution < 1.29 is 14.4 Å². The molecule has 4 amide bonds. The van der Waals surface area contributed by atoms with E-state index in [2.05, 4.69) is 10.2 Å². The molecule has 7 nitrogen and oxygen atoms in total. The van der Waals surface area contributed by atoms with Crippen molar-refractivity contribution in [2.45, 2.75) is 50.6 Å².